The second-order valence-corrected chi connectivity index (χ2v) is 8.20. The van der Waals surface area contributed by atoms with Crippen molar-refractivity contribution in [2.75, 3.05) is 31.0 Å². The largest absolute Gasteiger partial charge is 0.497 e. The SMILES string of the molecule is CCOc1cc(/C=C(/C#N)C(=O)Nc2ccc(OC)cc2)ccc1OCC(=O)Nc1ccc(C)c(Cl)c1. The average molecular weight is 520 g/mol. The van der Waals surface area contributed by atoms with Crippen LogP contribution >= 0.6 is 11.6 Å². The first kappa shape index (κ1) is 27.1. The number of benzene rings is 3. The predicted molar refractivity (Wildman–Crippen MR) is 143 cm³/mol. The molecule has 9 heteroatoms. The predicted octanol–water partition coefficient (Wildman–Crippen LogP) is 5.62. The summed E-state index contributed by atoms with van der Waals surface area (Å²) < 4.78 is 16.4. The second kappa shape index (κ2) is 13.0. The van der Waals surface area contributed by atoms with Crippen molar-refractivity contribution in [1.29, 1.82) is 5.26 Å². The molecule has 190 valence electrons. The van der Waals surface area contributed by atoms with Crippen LogP contribution in [0.2, 0.25) is 5.02 Å². The molecule has 0 aliphatic rings. The number of ether oxygens (including phenoxy) is 3. The number of rotatable bonds is 10. The lowest BCUT2D eigenvalue weighted by Crippen LogP contribution is -2.20. The van der Waals surface area contributed by atoms with E-state index in [0.717, 1.165) is 5.56 Å². The molecule has 0 aliphatic carbocycles. The first-order valence-electron chi connectivity index (χ1n) is 11.4. The lowest BCUT2D eigenvalue weighted by atomic mass is 10.1. The van der Waals surface area contributed by atoms with E-state index in [1.165, 1.54) is 6.08 Å². The van der Waals surface area contributed by atoms with Crippen molar-refractivity contribution < 1.29 is 23.8 Å². The highest BCUT2D eigenvalue weighted by atomic mass is 35.5. The number of nitrogens with one attached hydrogen (secondary N) is 2. The number of amides is 2. The molecule has 0 atom stereocenters. The second-order valence-electron chi connectivity index (χ2n) is 7.79. The molecule has 0 heterocycles. The Morgan fingerprint density at radius 3 is 2.35 bits per heavy atom. The molecule has 0 saturated heterocycles. The van der Waals surface area contributed by atoms with Crippen LogP contribution < -0.4 is 24.8 Å². The fourth-order valence-electron chi connectivity index (χ4n) is 3.20. The standard InChI is InChI=1S/C28H26ClN3O5/c1-4-36-26-14-19(13-20(16-30)28(34)32-21-8-10-23(35-3)11-9-21)6-12-25(26)37-17-27(33)31-22-7-5-18(2)24(29)15-22/h5-15H,4,17H2,1-3H3,(H,31,33)(H,32,34)/b20-13-. The number of anilines is 2. The van der Waals surface area contributed by atoms with Crippen molar-refractivity contribution in [2.45, 2.75) is 13.8 Å². The summed E-state index contributed by atoms with van der Waals surface area (Å²) in [6.45, 7) is 3.77. The van der Waals surface area contributed by atoms with Crippen molar-refractivity contribution in [3.8, 4) is 23.3 Å². The van der Waals surface area contributed by atoms with E-state index in [-0.39, 0.29) is 18.1 Å². The number of nitriles is 1. The minimum Gasteiger partial charge on any atom is -0.497 e. The van der Waals surface area contributed by atoms with Gasteiger partial charge < -0.3 is 24.8 Å². The molecule has 0 saturated carbocycles. The zero-order valence-corrected chi connectivity index (χ0v) is 21.4. The van der Waals surface area contributed by atoms with Gasteiger partial charge in [-0.05, 0) is 79.6 Å². The van der Waals surface area contributed by atoms with Crippen molar-refractivity contribution in [1.82, 2.24) is 0 Å². The molecule has 2 amide bonds. The number of halogens is 1. The Balaban J connectivity index is 1.69. The highest BCUT2D eigenvalue weighted by Crippen LogP contribution is 2.30. The molecular weight excluding hydrogens is 494 g/mol. The summed E-state index contributed by atoms with van der Waals surface area (Å²) in [4.78, 5) is 25.0. The van der Waals surface area contributed by atoms with E-state index < -0.39 is 5.91 Å². The average Bonchev–Trinajstić information content (AvgIpc) is 2.89. The third kappa shape index (κ3) is 7.75. The molecule has 0 unspecified atom stereocenters. The molecule has 0 fully saturated rings. The number of aryl methyl sites for hydroxylation is 1. The van der Waals surface area contributed by atoms with E-state index in [2.05, 4.69) is 10.6 Å². The van der Waals surface area contributed by atoms with Crippen LogP contribution in [0.4, 0.5) is 11.4 Å². The highest BCUT2D eigenvalue weighted by molar-refractivity contribution is 6.31. The van der Waals surface area contributed by atoms with Gasteiger partial charge in [0.25, 0.3) is 11.8 Å². The van der Waals surface area contributed by atoms with Crippen LogP contribution in [0, 0.1) is 18.3 Å². The fourth-order valence-corrected chi connectivity index (χ4v) is 3.38. The van der Waals surface area contributed by atoms with E-state index in [1.807, 2.05) is 26.0 Å². The molecule has 8 nitrogen and oxygen atoms in total. The molecule has 3 aromatic carbocycles. The first-order chi connectivity index (χ1) is 17.8. The zero-order chi connectivity index (χ0) is 26.8. The topological polar surface area (TPSA) is 110 Å². The van der Waals surface area contributed by atoms with Gasteiger partial charge in [-0.15, -0.1) is 0 Å². The Morgan fingerprint density at radius 1 is 0.973 bits per heavy atom. The maximum atomic E-state index is 12.6. The smallest absolute Gasteiger partial charge is 0.266 e. The fraction of sp³-hybridized carbons (Fsp3) is 0.179. The van der Waals surface area contributed by atoms with Gasteiger partial charge in [0, 0.05) is 16.4 Å². The normalized spacial score (nSPS) is 10.7. The monoisotopic (exact) mass is 519 g/mol. The number of hydrogen-bond acceptors (Lipinski definition) is 6. The van der Waals surface area contributed by atoms with E-state index >= 15 is 0 Å². The third-order valence-electron chi connectivity index (χ3n) is 5.11. The molecule has 0 radical (unpaired) electrons. The Labute approximate surface area is 220 Å². The Hall–Kier alpha value is -4.48. The number of hydrogen-bond donors (Lipinski definition) is 2. The van der Waals surface area contributed by atoms with E-state index in [9.17, 15) is 14.9 Å². The third-order valence-corrected chi connectivity index (χ3v) is 5.51. The van der Waals surface area contributed by atoms with Crippen LogP contribution in [0.25, 0.3) is 6.08 Å². The summed E-state index contributed by atoms with van der Waals surface area (Å²) >= 11 is 6.10. The molecule has 0 bridgehead atoms. The van der Waals surface area contributed by atoms with Crippen LogP contribution in [0.5, 0.6) is 17.2 Å². The summed E-state index contributed by atoms with van der Waals surface area (Å²) in [6, 6.07) is 18.8. The van der Waals surface area contributed by atoms with Gasteiger partial charge in [0.1, 0.15) is 17.4 Å². The van der Waals surface area contributed by atoms with Gasteiger partial charge in [-0.2, -0.15) is 5.26 Å². The summed E-state index contributed by atoms with van der Waals surface area (Å²) in [5, 5.41) is 15.5. The lowest BCUT2D eigenvalue weighted by molar-refractivity contribution is -0.118. The van der Waals surface area contributed by atoms with Gasteiger partial charge in [-0.3, -0.25) is 9.59 Å². The number of methoxy groups -OCH3 is 1. The lowest BCUT2D eigenvalue weighted by Gasteiger charge is -2.13. The van der Waals surface area contributed by atoms with Crippen LogP contribution in [0.15, 0.2) is 66.2 Å². The van der Waals surface area contributed by atoms with Gasteiger partial charge >= 0.3 is 0 Å². The maximum absolute atomic E-state index is 12.6. The minimum absolute atomic E-state index is 0.0944. The van der Waals surface area contributed by atoms with Gasteiger partial charge in [0.15, 0.2) is 18.1 Å². The molecule has 0 spiro atoms. The number of nitrogens with zero attached hydrogens (tertiary/aromatic N) is 1. The molecule has 3 rings (SSSR count). The molecule has 0 aliphatic heterocycles. The van der Waals surface area contributed by atoms with Gasteiger partial charge in [-0.1, -0.05) is 23.7 Å². The Bertz CT molecular complexity index is 1350. The van der Waals surface area contributed by atoms with Gasteiger partial charge in [0.2, 0.25) is 0 Å². The minimum atomic E-state index is -0.557. The maximum Gasteiger partial charge on any atom is 0.266 e. The van der Waals surface area contributed by atoms with E-state index in [4.69, 9.17) is 25.8 Å². The van der Waals surface area contributed by atoms with E-state index in [0.29, 0.717) is 45.8 Å². The van der Waals surface area contributed by atoms with Crippen LogP contribution in [-0.2, 0) is 9.59 Å². The van der Waals surface area contributed by atoms with Gasteiger partial charge in [0.05, 0.1) is 13.7 Å². The van der Waals surface area contributed by atoms with Crippen LogP contribution in [0.1, 0.15) is 18.1 Å². The van der Waals surface area contributed by atoms with Crippen LogP contribution in [0.3, 0.4) is 0 Å². The van der Waals surface area contributed by atoms with Crippen molar-refractivity contribution >= 4 is 40.9 Å². The highest BCUT2D eigenvalue weighted by Gasteiger charge is 2.13. The summed E-state index contributed by atoms with van der Waals surface area (Å²) in [5.41, 5.74) is 2.45. The Morgan fingerprint density at radius 2 is 1.70 bits per heavy atom. The van der Waals surface area contributed by atoms with Crippen molar-refractivity contribution in [2.24, 2.45) is 0 Å². The molecule has 37 heavy (non-hydrogen) atoms. The first-order valence-corrected chi connectivity index (χ1v) is 11.7. The molecular formula is C28H26ClN3O5. The van der Waals surface area contributed by atoms with Crippen LogP contribution in [-0.4, -0.2) is 32.1 Å². The van der Waals surface area contributed by atoms with Crippen molar-refractivity contribution in [3.63, 3.8) is 0 Å². The molecule has 0 aromatic heterocycles. The molecule has 3 aromatic rings. The quantitative estimate of drug-likeness (QED) is 0.266. The number of carbonyl (C=O) groups excluding carboxylic acids is 2. The number of carbonyl (C=O) groups is 2. The zero-order valence-electron chi connectivity index (χ0n) is 20.6. The summed E-state index contributed by atoms with van der Waals surface area (Å²) in [5.74, 6) is 0.441. The summed E-state index contributed by atoms with van der Waals surface area (Å²) in [7, 11) is 1.55. The molecule has 2 N–H and O–H groups in total. The summed E-state index contributed by atoms with van der Waals surface area (Å²) in [6.07, 6.45) is 1.44. The van der Waals surface area contributed by atoms with Gasteiger partial charge in [-0.25, -0.2) is 0 Å². The Kier molecular flexibility index (Phi) is 9.53. The van der Waals surface area contributed by atoms with Crippen molar-refractivity contribution in [3.05, 3.63) is 82.4 Å². The van der Waals surface area contributed by atoms with E-state index in [1.54, 1.807) is 61.7 Å².